The first-order valence-corrected chi connectivity index (χ1v) is 20.5. The lowest BCUT2D eigenvalue weighted by Gasteiger charge is -2.23. The predicted octanol–water partition coefficient (Wildman–Crippen LogP) is 9.83. The molecular weight excluding hydrogens is 599 g/mol. The van der Waals surface area contributed by atoms with Crippen LogP contribution in [0.2, 0.25) is 0 Å². The van der Waals surface area contributed by atoms with Crippen LogP contribution in [0.15, 0.2) is 24.3 Å². The number of aliphatic hydroxyl groups is 1. The maximum Gasteiger partial charge on any atom is 0.472 e. The van der Waals surface area contributed by atoms with Crippen molar-refractivity contribution in [1.29, 1.82) is 0 Å². The van der Waals surface area contributed by atoms with Crippen molar-refractivity contribution >= 4 is 13.7 Å². The molecule has 0 fully saturated rings. The molecule has 0 aromatic heterocycles. The van der Waals surface area contributed by atoms with Crippen molar-refractivity contribution in [2.45, 2.75) is 187 Å². The number of unbranched alkanes of at least 4 members (excludes halogenated alkanes) is 21. The molecule has 0 aliphatic carbocycles. The Bertz CT molecular complexity index is 779. The van der Waals surface area contributed by atoms with Crippen molar-refractivity contribution in [1.82, 2.24) is 5.32 Å². The van der Waals surface area contributed by atoms with Crippen LogP contribution in [-0.2, 0) is 18.4 Å². The predicted molar refractivity (Wildman–Crippen MR) is 194 cm³/mol. The van der Waals surface area contributed by atoms with Gasteiger partial charge in [-0.15, -0.1) is 0 Å². The van der Waals surface area contributed by atoms with E-state index in [2.05, 4.69) is 31.3 Å². The minimum atomic E-state index is -4.33. The third kappa shape index (κ3) is 31.6. The van der Waals surface area contributed by atoms with Crippen LogP contribution in [0.25, 0.3) is 0 Å². The highest BCUT2D eigenvalue weighted by molar-refractivity contribution is 7.47. The second kappa shape index (κ2) is 33.9. The van der Waals surface area contributed by atoms with Gasteiger partial charge in [0.2, 0.25) is 5.91 Å². The number of hydrogen-bond donors (Lipinski definition) is 4. The standard InChI is InChI=1S/C37H73N2O6P/c1-3-5-7-9-11-13-14-15-16-17-18-19-20-21-23-25-27-29-31-37(41)39-35(34-45-46(42,43)44-33-32-38)36(40)30-28-26-24-22-12-10-8-6-4-2/h12,22,28,30,35-36,40H,3-11,13-21,23-27,29,31-34,38H2,1-2H3,(H,39,41)(H,42,43)/b22-12+,30-28+. The van der Waals surface area contributed by atoms with Crippen LogP contribution in [-0.4, -0.2) is 47.8 Å². The van der Waals surface area contributed by atoms with Crippen molar-refractivity contribution in [3.8, 4) is 0 Å². The van der Waals surface area contributed by atoms with Crippen molar-refractivity contribution < 1.29 is 28.4 Å². The van der Waals surface area contributed by atoms with Gasteiger partial charge in [-0.2, -0.15) is 0 Å². The van der Waals surface area contributed by atoms with E-state index in [4.69, 9.17) is 14.8 Å². The Kier molecular flexibility index (Phi) is 33.1. The SMILES string of the molecule is CCCCC/C=C/CC/C=C/C(O)C(COP(=O)(O)OCCN)NC(=O)CCCCCCCCCCCCCCCCCCCC. The van der Waals surface area contributed by atoms with Gasteiger partial charge in [0.25, 0.3) is 0 Å². The molecule has 0 saturated heterocycles. The molecule has 0 aromatic rings. The van der Waals surface area contributed by atoms with E-state index in [9.17, 15) is 19.4 Å². The zero-order valence-corrected chi connectivity index (χ0v) is 30.7. The number of amides is 1. The summed E-state index contributed by atoms with van der Waals surface area (Å²) in [5.74, 6) is -0.205. The minimum absolute atomic E-state index is 0.0753. The van der Waals surface area contributed by atoms with E-state index in [0.717, 1.165) is 38.5 Å². The van der Waals surface area contributed by atoms with Crippen molar-refractivity contribution in [2.24, 2.45) is 5.73 Å². The molecule has 0 bridgehead atoms. The number of allylic oxidation sites excluding steroid dienone is 3. The molecule has 1 amide bonds. The van der Waals surface area contributed by atoms with E-state index < -0.39 is 20.0 Å². The van der Waals surface area contributed by atoms with E-state index in [1.165, 1.54) is 116 Å². The third-order valence-electron chi connectivity index (χ3n) is 8.28. The number of nitrogens with one attached hydrogen (secondary N) is 1. The Morgan fingerprint density at radius 2 is 1.15 bits per heavy atom. The lowest BCUT2D eigenvalue weighted by Crippen LogP contribution is -2.45. The largest absolute Gasteiger partial charge is 0.472 e. The molecule has 9 heteroatoms. The van der Waals surface area contributed by atoms with Gasteiger partial charge >= 0.3 is 7.82 Å². The molecule has 0 aliphatic heterocycles. The van der Waals surface area contributed by atoms with Crippen LogP contribution >= 0.6 is 7.82 Å². The minimum Gasteiger partial charge on any atom is -0.387 e. The fourth-order valence-electron chi connectivity index (χ4n) is 5.38. The highest BCUT2D eigenvalue weighted by atomic mass is 31.2. The summed E-state index contributed by atoms with van der Waals surface area (Å²) < 4.78 is 22.0. The van der Waals surface area contributed by atoms with E-state index >= 15 is 0 Å². The molecule has 46 heavy (non-hydrogen) atoms. The number of carbonyl (C=O) groups is 1. The molecule has 3 unspecified atom stereocenters. The number of aliphatic hydroxyl groups excluding tert-OH is 1. The first-order chi connectivity index (χ1) is 22.4. The van der Waals surface area contributed by atoms with E-state index in [0.29, 0.717) is 6.42 Å². The highest BCUT2D eigenvalue weighted by Gasteiger charge is 2.26. The zero-order chi connectivity index (χ0) is 34.0. The Morgan fingerprint density at radius 1 is 0.696 bits per heavy atom. The van der Waals surface area contributed by atoms with Gasteiger partial charge in [0.1, 0.15) is 0 Å². The van der Waals surface area contributed by atoms with Gasteiger partial charge in [-0.25, -0.2) is 4.57 Å². The molecule has 0 aliphatic rings. The summed E-state index contributed by atoms with van der Waals surface area (Å²) >= 11 is 0. The molecule has 3 atom stereocenters. The summed E-state index contributed by atoms with van der Waals surface area (Å²) in [6, 6.07) is -0.870. The summed E-state index contributed by atoms with van der Waals surface area (Å²) in [4.78, 5) is 22.5. The normalized spacial score (nSPS) is 14.6. The van der Waals surface area contributed by atoms with Crippen LogP contribution < -0.4 is 11.1 Å². The van der Waals surface area contributed by atoms with E-state index in [1.54, 1.807) is 6.08 Å². The zero-order valence-electron chi connectivity index (χ0n) is 29.8. The average molecular weight is 673 g/mol. The number of hydrogen-bond acceptors (Lipinski definition) is 6. The lowest BCUT2D eigenvalue weighted by molar-refractivity contribution is -0.123. The Hall–Kier alpha value is -1.02. The molecule has 5 N–H and O–H groups in total. The fraction of sp³-hybridized carbons (Fsp3) is 0.865. The number of rotatable bonds is 35. The highest BCUT2D eigenvalue weighted by Crippen LogP contribution is 2.43. The van der Waals surface area contributed by atoms with Gasteiger partial charge < -0.3 is 21.1 Å². The van der Waals surface area contributed by atoms with E-state index in [-0.39, 0.29) is 25.7 Å². The Morgan fingerprint density at radius 3 is 1.67 bits per heavy atom. The Labute approximate surface area is 283 Å². The molecule has 0 aromatic carbocycles. The molecule has 8 nitrogen and oxygen atoms in total. The second-order valence-corrected chi connectivity index (χ2v) is 14.2. The van der Waals surface area contributed by atoms with Crippen LogP contribution in [0, 0.1) is 0 Å². The molecule has 0 rings (SSSR count). The average Bonchev–Trinajstić information content (AvgIpc) is 3.04. The maximum absolute atomic E-state index is 12.7. The van der Waals surface area contributed by atoms with Crippen LogP contribution in [0.4, 0.5) is 0 Å². The van der Waals surface area contributed by atoms with Crippen molar-refractivity contribution in [2.75, 3.05) is 19.8 Å². The Balaban J connectivity index is 4.19. The fourth-order valence-corrected chi connectivity index (χ4v) is 6.14. The summed E-state index contributed by atoms with van der Waals surface area (Å²) in [6.07, 6.45) is 36.7. The molecule has 0 spiro atoms. The van der Waals surface area contributed by atoms with Crippen LogP contribution in [0.3, 0.4) is 0 Å². The van der Waals surface area contributed by atoms with Gasteiger partial charge in [0, 0.05) is 13.0 Å². The summed E-state index contributed by atoms with van der Waals surface area (Å²) in [7, 11) is -4.33. The monoisotopic (exact) mass is 673 g/mol. The lowest BCUT2D eigenvalue weighted by atomic mass is 10.0. The van der Waals surface area contributed by atoms with Crippen LogP contribution in [0.5, 0.6) is 0 Å². The van der Waals surface area contributed by atoms with Gasteiger partial charge in [-0.3, -0.25) is 13.8 Å². The first kappa shape index (κ1) is 45.0. The second-order valence-electron chi connectivity index (χ2n) is 12.8. The van der Waals surface area contributed by atoms with Gasteiger partial charge in [-0.05, 0) is 32.1 Å². The smallest absolute Gasteiger partial charge is 0.387 e. The van der Waals surface area contributed by atoms with Crippen molar-refractivity contribution in [3.05, 3.63) is 24.3 Å². The maximum atomic E-state index is 12.7. The third-order valence-corrected chi connectivity index (χ3v) is 9.26. The van der Waals surface area contributed by atoms with Crippen LogP contribution in [0.1, 0.15) is 174 Å². The first-order valence-electron chi connectivity index (χ1n) is 19.0. The van der Waals surface area contributed by atoms with Gasteiger partial charge in [-0.1, -0.05) is 160 Å². The summed E-state index contributed by atoms with van der Waals surface area (Å²) in [5, 5.41) is 13.5. The van der Waals surface area contributed by atoms with Crippen molar-refractivity contribution in [3.63, 3.8) is 0 Å². The molecular formula is C37H73N2O6P. The molecule has 0 saturated carbocycles. The number of nitrogens with two attached hydrogens (primary N) is 1. The number of carbonyl (C=O) groups excluding carboxylic acids is 1. The number of phosphoric acid groups is 1. The van der Waals surface area contributed by atoms with E-state index in [1.807, 2.05) is 6.08 Å². The van der Waals surface area contributed by atoms with Gasteiger partial charge in [0.05, 0.1) is 25.4 Å². The summed E-state index contributed by atoms with van der Waals surface area (Å²) in [5.41, 5.74) is 5.34. The van der Waals surface area contributed by atoms with Gasteiger partial charge in [0.15, 0.2) is 0 Å². The molecule has 0 radical (unpaired) electrons. The quantitative estimate of drug-likeness (QED) is 0.0299. The summed E-state index contributed by atoms with van der Waals surface area (Å²) in [6.45, 7) is 4.06. The molecule has 272 valence electrons. The number of phosphoric ester groups is 1. The topological polar surface area (TPSA) is 131 Å². The molecule has 0 heterocycles.